The largest absolute Gasteiger partial charge is 0.250 e. The van der Waals surface area contributed by atoms with Gasteiger partial charge in [0, 0.05) is 14.4 Å². The Morgan fingerprint density at radius 3 is 1.64 bits per heavy atom. The van der Waals surface area contributed by atoms with Crippen molar-refractivity contribution >= 4 is 31.9 Å². The molecule has 4 heteroatoms. The second kappa shape index (κ2) is 3.52. The smallest absolute Gasteiger partial charge is 0.0982 e. The van der Waals surface area contributed by atoms with Crippen LogP contribution in [0.4, 0.5) is 8.78 Å². The molecule has 0 radical (unpaired) electrons. The van der Waals surface area contributed by atoms with Gasteiger partial charge >= 0.3 is 0 Å². The molecule has 64 valence electrons. The summed E-state index contributed by atoms with van der Waals surface area (Å²) in [6, 6.07) is 0. The molecule has 0 nitrogen and oxygen atoms in total. The predicted octanol–water partition coefficient (Wildman–Crippen LogP) is 3.71. The lowest BCUT2D eigenvalue weighted by Crippen LogP contribution is -2.22. The first-order valence-corrected chi connectivity index (χ1v) is 4.87. The fourth-order valence-corrected chi connectivity index (χ4v) is 2.61. The van der Waals surface area contributed by atoms with Gasteiger partial charge in [-0.25, -0.2) is 0 Å². The Hall–Kier alpha value is 0.560. The van der Waals surface area contributed by atoms with E-state index in [1.165, 1.54) is 0 Å². The van der Waals surface area contributed by atoms with Gasteiger partial charge in [-0.05, 0) is 12.8 Å². The molecule has 0 unspecified atom stereocenters. The van der Waals surface area contributed by atoms with Crippen LogP contribution in [0.2, 0.25) is 0 Å². The summed E-state index contributed by atoms with van der Waals surface area (Å²) in [6.45, 7) is -1.18. The Morgan fingerprint density at radius 2 is 1.45 bits per heavy atom. The molecule has 1 aliphatic carbocycles. The monoisotopic (exact) mass is 288 g/mol. The lowest BCUT2D eigenvalue weighted by molar-refractivity contribution is 0.166. The zero-order valence-electron chi connectivity index (χ0n) is 5.84. The first kappa shape index (κ1) is 9.65. The molecule has 0 heterocycles. The highest BCUT2D eigenvalue weighted by Gasteiger charge is 2.37. The summed E-state index contributed by atoms with van der Waals surface area (Å²) in [7, 11) is 0. The SMILES string of the molecule is FCC1(CF)CC(Br)=C(Br)C1. The Morgan fingerprint density at radius 1 is 1.09 bits per heavy atom. The number of allylic oxidation sites excluding steroid dienone is 2. The zero-order valence-corrected chi connectivity index (χ0v) is 9.01. The van der Waals surface area contributed by atoms with Crippen LogP contribution in [0.25, 0.3) is 0 Å². The van der Waals surface area contributed by atoms with Crippen molar-refractivity contribution in [2.24, 2.45) is 5.41 Å². The van der Waals surface area contributed by atoms with E-state index in [9.17, 15) is 8.78 Å². The lowest BCUT2D eigenvalue weighted by Gasteiger charge is -2.20. The summed E-state index contributed by atoms with van der Waals surface area (Å²) in [6.07, 6.45) is 0.946. The molecule has 11 heavy (non-hydrogen) atoms. The van der Waals surface area contributed by atoms with E-state index < -0.39 is 18.8 Å². The number of alkyl halides is 2. The van der Waals surface area contributed by atoms with Crippen LogP contribution in [0.5, 0.6) is 0 Å². The minimum Gasteiger partial charge on any atom is -0.250 e. The van der Waals surface area contributed by atoms with Gasteiger partial charge in [-0.3, -0.25) is 8.78 Å². The maximum Gasteiger partial charge on any atom is 0.0982 e. The van der Waals surface area contributed by atoms with Gasteiger partial charge in [-0.15, -0.1) is 0 Å². The summed E-state index contributed by atoms with van der Waals surface area (Å²) >= 11 is 6.52. The van der Waals surface area contributed by atoms with E-state index in [2.05, 4.69) is 31.9 Å². The van der Waals surface area contributed by atoms with Gasteiger partial charge in [0.25, 0.3) is 0 Å². The number of rotatable bonds is 2. The van der Waals surface area contributed by atoms with Gasteiger partial charge in [0.15, 0.2) is 0 Å². The molecule has 0 aromatic heterocycles. The van der Waals surface area contributed by atoms with Crippen LogP contribution in [-0.2, 0) is 0 Å². The molecule has 0 atom stereocenters. The van der Waals surface area contributed by atoms with E-state index in [0.29, 0.717) is 12.8 Å². The maximum atomic E-state index is 12.4. The third-order valence-electron chi connectivity index (χ3n) is 1.92. The highest BCUT2D eigenvalue weighted by atomic mass is 79.9. The molecule has 0 aromatic carbocycles. The van der Waals surface area contributed by atoms with Crippen LogP contribution in [0.3, 0.4) is 0 Å². The summed E-state index contributed by atoms with van der Waals surface area (Å²) in [5.41, 5.74) is -0.780. The summed E-state index contributed by atoms with van der Waals surface area (Å²) in [5.74, 6) is 0. The van der Waals surface area contributed by atoms with Crippen molar-refractivity contribution in [2.45, 2.75) is 12.8 Å². The first-order chi connectivity index (χ1) is 5.13. The normalized spacial score (nSPS) is 22.9. The van der Waals surface area contributed by atoms with Crippen LogP contribution in [-0.4, -0.2) is 13.3 Å². The van der Waals surface area contributed by atoms with Crippen LogP contribution in [0.1, 0.15) is 12.8 Å². The van der Waals surface area contributed by atoms with E-state index in [1.54, 1.807) is 0 Å². The molecule has 0 saturated carbocycles. The van der Waals surface area contributed by atoms with Crippen molar-refractivity contribution < 1.29 is 8.78 Å². The van der Waals surface area contributed by atoms with E-state index in [1.807, 2.05) is 0 Å². The Bertz CT molecular complexity index is 169. The third-order valence-corrected chi connectivity index (χ3v) is 3.97. The Balaban J connectivity index is 2.69. The maximum absolute atomic E-state index is 12.4. The molecule has 0 aliphatic heterocycles. The van der Waals surface area contributed by atoms with Gasteiger partial charge in [0.1, 0.15) is 0 Å². The van der Waals surface area contributed by atoms with Gasteiger partial charge < -0.3 is 0 Å². The van der Waals surface area contributed by atoms with Crippen molar-refractivity contribution in [1.82, 2.24) is 0 Å². The Kier molecular flexibility index (Phi) is 3.09. The Labute approximate surface area is 81.3 Å². The molecule has 1 rings (SSSR count). The van der Waals surface area contributed by atoms with Gasteiger partial charge in [0.05, 0.1) is 13.3 Å². The summed E-state index contributed by atoms with van der Waals surface area (Å²) in [4.78, 5) is 0. The van der Waals surface area contributed by atoms with Crippen LogP contribution in [0.15, 0.2) is 8.96 Å². The van der Waals surface area contributed by atoms with E-state index >= 15 is 0 Å². The minimum absolute atomic E-state index is 0.473. The zero-order chi connectivity index (χ0) is 8.48. The van der Waals surface area contributed by atoms with Crippen LogP contribution >= 0.6 is 31.9 Å². The van der Waals surface area contributed by atoms with E-state index in [4.69, 9.17) is 0 Å². The second-order valence-electron chi connectivity index (χ2n) is 2.93. The minimum atomic E-state index is -0.780. The molecule has 0 N–H and O–H groups in total. The average molecular weight is 290 g/mol. The van der Waals surface area contributed by atoms with Crippen molar-refractivity contribution in [3.8, 4) is 0 Å². The fraction of sp³-hybridized carbons (Fsp3) is 0.714. The molecule has 0 bridgehead atoms. The molecule has 0 saturated heterocycles. The van der Waals surface area contributed by atoms with Gasteiger partial charge in [-0.1, -0.05) is 31.9 Å². The van der Waals surface area contributed by atoms with Crippen LogP contribution in [0, 0.1) is 5.41 Å². The molecular weight excluding hydrogens is 282 g/mol. The van der Waals surface area contributed by atoms with Crippen molar-refractivity contribution in [2.75, 3.05) is 13.3 Å². The lowest BCUT2D eigenvalue weighted by atomic mass is 9.89. The van der Waals surface area contributed by atoms with E-state index in [0.717, 1.165) is 8.96 Å². The molecule has 0 amide bonds. The number of hydrogen-bond acceptors (Lipinski definition) is 0. The highest BCUT2D eigenvalue weighted by Crippen LogP contribution is 2.47. The quantitative estimate of drug-likeness (QED) is 0.727. The van der Waals surface area contributed by atoms with E-state index in [-0.39, 0.29) is 0 Å². The highest BCUT2D eigenvalue weighted by molar-refractivity contribution is 9.14. The molecule has 0 aromatic rings. The third kappa shape index (κ3) is 1.83. The van der Waals surface area contributed by atoms with Gasteiger partial charge in [0.2, 0.25) is 0 Å². The van der Waals surface area contributed by atoms with Gasteiger partial charge in [-0.2, -0.15) is 0 Å². The second-order valence-corrected chi connectivity index (χ2v) is 4.85. The van der Waals surface area contributed by atoms with Crippen LogP contribution < -0.4 is 0 Å². The fourth-order valence-electron chi connectivity index (χ4n) is 1.14. The topological polar surface area (TPSA) is 0 Å². The van der Waals surface area contributed by atoms with Crippen molar-refractivity contribution in [3.05, 3.63) is 8.96 Å². The van der Waals surface area contributed by atoms with Crippen molar-refractivity contribution in [1.29, 1.82) is 0 Å². The molecule has 1 aliphatic rings. The average Bonchev–Trinajstić information content (AvgIpc) is 2.29. The molecule has 0 spiro atoms. The van der Waals surface area contributed by atoms with Crippen molar-refractivity contribution in [3.63, 3.8) is 0 Å². The predicted molar refractivity (Wildman–Crippen MR) is 48.5 cm³/mol. The first-order valence-electron chi connectivity index (χ1n) is 3.28. The number of hydrogen-bond donors (Lipinski definition) is 0. The molecular formula is C7H8Br2F2. The molecule has 0 fully saturated rings. The summed E-state index contributed by atoms with van der Waals surface area (Å²) in [5, 5.41) is 0. The standard InChI is InChI=1S/C7H8Br2F2/c8-5-1-7(3-10,4-11)2-6(5)9/h1-4H2. The summed E-state index contributed by atoms with van der Waals surface area (Å²) < 4.78 is 26.6. The number of halogens is 4.